The lowest BCUT2D eigenvalue weighted by Gasteiger charge is -2.09. The summed E-state index contributed by atoms with van der Waals surface area (Å²) >= 11 is 0. The fourth-order valence-corrected chi connectivity index (χ4v) is 1.22. The summed E-state index contributed by atoms with van der Waals surface area (Å²) in [5.41, 5.74) is 6.14. The fraction of sp³-hybridized carbons (Fsp3) is 0.333. The minimum atomic E-state index is -0.431. The molecule has 0 aliphatic carbocycles. The van der Waals surface area contributed by atoms with Gasteiger partial charge in [-0.3, -0.25) is 5.41 Å². The lowest BCUT2D eigenvalue weighted by Crippen LogP contribution is -2.18. The van der Waals surface area contributed by atoms with Crippen molar-refractivity contribution in [2.24, 2.45) is 11.7 Å². The third-order valence-electron chi connectivity index (χ3n) is 1.98. The molecule has 0 aliphatic rings. The van der Waals surface area contributed by atoms with Crippen molar-refractivity contribution in [3.63, 3.8) is 0 Å². The number of esters is 1. The topological polar surface area (TPSA) is 76.2 Å². The number of rotatable bonds is 4. The first-order valence-corrected chi connectivity index (χ1v) is 5.13. The molecule has 0 aromatic heterocycles. The van der Waals surface area contributed by atoms with Gasteiger partial charge in [0.25, 0.3) is 0 Å². The number of carbonyl (C=O) groups excluding carboxylic acids is 1. The standard InChI is InChI=1S/C12H16N2O2/c1-8(2)7-16-12(15)10-6-4-3-5-9(10)11(13)14/h3-6,8H,7H2,1-2H3,(H3,13,14). The third kappa shape index (κ3) is 3.08. The van der Waals surface area contributed by atoms with E-state index >= 15 is 0 Å². The van der Waals surface area contributed by atoms with Crippen LogP contribution >= 0.6 is 0 Å². The van der Waals surface area contributed by atoms with E-state index in [2.05, 4.69) is 0 Å². The summed E-state index contributed by atoms with van der Waals surface area (Å²) in [5, 5.41) is 7.36. The second kappa shape index (κ2) is 5.30. The Morgan fingerprint density at radius 2 is 1.94 bits per heavy atom. The van der Waals surface area contributed by atoms with Crippen LogP contribution in [-0.2, 0) is 4.74 Å². The lowest BCUT2D eigenvalue weighted by atomic mass is 10.1. The Hall–Kier alpha value is -1.84. The highest BCUT2D eigenvalue weighted by Crippen LogP contribution is 2.10. The van der Waals surface area contributed by atoms with Crippen molar-refractivity contribution in [2.75, 3.05) is 6.61 Å². The van der Waals surface area contributed by atoms with Gasteiger partial charge in [0.05, 0.1) is 12.2 Å². The molecule has 1 aromatic carbocycles. The van der Waals surface area contributed by atoms with E-state index in [9.17, 15) is 4.79 Å². The Labute approximate surface area is 94.9 Å². The molecular weight excluding hydrogens is 204 g/mol. The van der Waals surface area contributed by atoms with Crippen molar-refractivity contribution in [1.82, 2.24) is 0 Å². The lowest BCUT2D eigenvalue weighted by molar-refractivity contribution is 0.0458. The normalized spacial score (nSPS) is 10.2. The number of hydrogen-bond acceptors (Lipinski definition) is 3. The monoisotopic (exact) mass is 220 g/mol. The molecule has 3 N–H and O–H groups in total. The summed E-state index contributed by atoms with van der Waals surface area (Å²) in [6, 6.07) is 6.70. The van der Waals surface area contributed by atoms with Crippen LogP contribution in [0.25, 0.3) is 0 Å². The molecule has 0 radical (unpaired) electrons. The van der Waals surface area contributed by atoms with Crippen molar-refractivity contribution in [1.29, 1.82) is 5.41 Å². The largest absolute Gasteiger partial charge is 0.462 e. The van der Waals surface area contributed by atoms with Gasteiger partial charge in [0.1, 0.15) is 5.84 Å². The highest BCUT2D eigenvalue weighted by atomic mass is 16.5. The minimum absolute atomic E-state index is 0.128. The Morgan fingerprint density at radius 1 is 1.38 bits per heavy atom. The average Bonchev–Trinajstić information content (AvgIpc) is 2.25. The van der Waals surface area contributed by atoms with Crippen LogP contribution < -0.4 is 5.73 Å². The molecule has 0 heterocycles. The smallest absolute Gasteiger partial charge is 0.338 e. The molecule has 16 heavy (non-hydrogen) atoms. The van der Waals surface area contributed by atoms with Crippen LogP contribution in [0.5, 0.6) is 0 Å². The van der Waals surface area contributed by atoms with Gasteiger partial charge in [-0.1, -0.05) is 32.0 Å². The molecule has 1 rings (SSSR count). The predicted molar refractivity (Wildman–Crippen MR) is 62.6 cm³/mol. The maximum atomic E-state index is 11.7. The van der Waals surface area contributed by atoms with Gasteiger partial charge >= 0.3 is 5.97 Å². The van der Waals surface area contributed by atoms with Crippen molar-refractivity contribution >= 4 is 11.8 Å². The molecule has 0 atom stereocenters. The zero-order valence-electron chi connectivity index (χ0n) is 9.49. The molecule has 0 amide bonds. The van der Waals surface area contributed by atoms with Crippen LogP contribution in [0.1, 0.15) is 29.8 Å². The average molecular weight is 220 g/mol. The summed E-state index contributed by atoms with van der Waals surface area (Å²) in [5.74, 6) is -0.273. The highest BCUT2D eigenvalue weighted by Gasteiger charge is 2.14. The first-order chi connectivity index (χ1) is 7.52. The maximum absolute atomic E-state index is 11.7. The number of ether oxygens (including phenoxy) is 1. The third-order valence-corrected chi connectivity index (χ3v) is 1.98. The van der Waals surface area contributed by atoms with Gasteiger partial charge in [0, 0.05) is 5.56 Å². The van der Waals surface area contributed by atoms with Gasteiger partial charge in [-0.25, -0.2) is 4.79 Å². The Kier molecular flexibility index (Phi) is 4.05. The molecule has 0 spiro atoms. The van der Waals surface area contributed by atoms with E-state index in [4.69, 9.17) is 15.9 Å². The van der Waals surface area contributed by atoms with Gasteiger partial charge in [0.2, 0.25) is 0 Å². The van der Waals surface area contributed by atoms with Crippen LogP contribution in [0.4, 0.5) is 0 Å². The van der Waals surface area contributed by atoms with Crippen molar-refractivity contribution in [3.05, 3.63) is 35.4 Å². The van der Waals surface area contributed by atoms with Gasteiger partial charge in [-0.15, -0.1) is 0 Å². The van der Waals surface area contributed by atoms with Gasteiger partial charge < -0.3 is 10.5 Å². The predicted octanol–water partition coefficient (Wildman–Crippen LogP) is 1.78. The molecular formula is C12H16N2O2. The van der Waals surface area contributed by atoms with Crippen molar-refractivity contribution in [2.45, 2.75) is 13.8 Å². The molecule has 1 aromatic rings. The van der Waals surface area contributed by atoms with E-state index in [-0.39, 0.29) is 11.8 Å². The molecule has 0 fully saturated rings. The number of hydrogen-bond donors (Lipinski definition) is 2. The summed E-state index contributed by atoms with van der Waals surface area (Å²) in [4.78, 5) is 11.7. The van der Waals surface area contributed by atoms with Crippen LogP contribution in [0.15, 0.2) is 24.3 Å². The van der Waals surface area contributed by atoms with Crippen molar-refractivity contribution in [3.8, 4) is 0 Å². The van der Waals surface area contributed by atoms with Crippen molar-refractivity contribution < 1.29 is 9.53 Å². The Morgan fingerprint density at radius 3 is 2.44 bits per heavy atom. The molecule has 4 heteroatoms. The van der Waals surface area contributed by atoms with E-state index in [1.165, 1.54) is 0 Å². The van der Waals surface area contributed by atoms with E-state index in [0.717, 1.165) is 0 Å². The van der Waals surface area contributed by atoms with E-state index in [0.29, 0.717) is 17.7 Å². The summed E-state index contributed by atoms with van der Waals surface area (Å²) in [7, 11) is 0. The second-order valence-corrected chi connectivity index (χ2v) is 3.95. The zero-order valence-corrected chi connectivity index (χ0v) is 9.49. The van der Waals surface area contributed by atoms with E-state index in [1.54, 1.807) is 24.3 Å². The molecule has 0 aliphatic heterocycles. The van der Waals surface area contributed by atoms with E-state index in [1.807, 2.05) is 13.8 Å². The quantitative estimate of drug-likeness (QED) is 0.461. The fourth-order valence-electron chi connectivity index (χ4n) is 1.22. The SMILES string of the molecule is CC(C)COC(=O)c1ccccc1C(=N)N. The maximum Gasteiger partial charge on any atom is 0.338 e. The number of carbonyl (C=O) groups is 1. The molecule has 86 valence electrons. The number of nitrogens with two attached hydrogens (primary N) is 1. The molecule has 0 saturated carbocycles. The van der Waals surface area contributed by atoms with Crippen LogP contribution in [0.2, 0.25) is 0 Å². The summed E-state index contributed by atoms with van der Waals surface area (Å²) in [6.07, 6.45) is 0. The first-order valence-electron chi connectivity index (χ1n) is 5.13. The van der Waals surface area contributed by atoms with Gasteiger partial charge in [-0.2, -0.15) is 0 Å². The number of benzene rings is 1. The van der Waals surface area contributed by atoms with Crippen LogP contribution in [0, 0.1) is 11.3 Å². The summed E-state index contributed by atoms with van der Waals surface area (Å²) < 4.78 is 5.09. The number of nitrogens with one attached hydrogen (secondary N) is 1. The van der Waals surface area contributed by atoms with Crippen LogP contribution in [-0.4, -0.2) is 18.4 Å². The highest BCUT2D eigenvalue weighted by molar-refractivity contribution is 6.05. The first kappa shape index (κ1) is 12.2. The van der Waals surface area contributed by atoms with E-state index < -0.39 is 5.97 Å². The molecule has 0 unspecified atom stereocenters. The number of amidine groups is 1. The zero-order chi connectivity index (χ0) is 12.1. The minimum Gasteiger partial charge on any atom is -0.462 e. The number of nitrogen functional groups attached to an aromatic ring is 1. The Balaban J connectivity index is 2.86. The van der Waals surface area contributed by atoms with Gasteiger partial charge in [-0.05, 0) is 12.0 Å². The van der Waals surface area contributed by atoms with Gasteiger partial charge in [0.15, 0.2) is 0 Å². The Bertz CT molecular complexity index is 400. The summed E-state index contributed by atoms with van der Waals surface area (Å²) in [6.45, 7) is 4.29. The molecule has 0 saturated heterocycles. The second-order valence-electron chi connectivity index (χ2n) is 3.95. The molecule has 0 bridgehead atoms. The molecule has 4 nitrogen and oxygen atoms in total. The van der Waals surface area contributed by atoms with Crippen LogP contribution in [0.3, 0.4) is 0 Å².